The molecular weight excluding hydrogens is 380 g/mol. The molecular formula is C23H34N4O3. The molecule has 1 fully saturated rings. The van der Waals surface area contributed by atoms with Crippen LogP contribution in [0, 0.1) is 26.7 Å². The minimum Gasteiger partial charge on any atom is -0.304 e. The van der Waals surface area contributed by atoms with Crippen molar-refractivity contribution in [1.29, 1.82) is 0 Å². The van der Waals surface area contributed by atoms with E-state index in [4.69, 9.17) is 0 Å². The van der Waals surface area contributed by atoms with Gasteiger partial charge in [0.1, 0.15) is 0 Å². The fraction of sp³-hybridized carbons (Fsp3) is 0.565. The van der Waals surface area contributed by atoms with Crippen molar-refractivity contribution >= 4 is 29.7 Å². The van der Waals surface area contributed by atoms with E-state index in [0.717, 1.165) is 54.1 Å². The van der Waals surface area contributed by atoms with E-state index in [1.807, 2.05) is 39.8 Å². The molecule has 1 aliphatic heterocycles. The Kier molecular flexibility index (Phi) is 8.29. The third-order valence-corrected chi connectivity index (χ3v) is 5.54. The minimum atomic E-state index is -1.10. The van der Waals surface area contributed by atoms with Crippen LogP contribution < -0.4 is 10.2 Å². The molecule has 4 amide bonds. The number of hydrogen-bond acceptors (Lipinski definition) is 5. The Hall–Kier alpha value is -2.54. The van der Waals surface area contributed by atoms with Crippen LogP contribution in [0.2, 0.25) is 0 Å². The summed E-state index contributed by atoms with van der Waals surface area (Å²) in [6.45, 7) is 15.0. The van der Waals surface area contributed by atoms with Crippen LogP contribution in [0.4, 0.5) is 10.5 Å². The molecule has 0 bridgehead atoms. The standard InChI is InChI=1S/C23H34N4O3/c1-7-26(8-2)11-9-10-18(6)24-14-19-21(28)25-23(30)27(22(19)29)20-16(4)12-15(3)13-17(20)5/h12-14,18-19H,7-11H2,1-6H3,(H,25,28,30)/t18-,19?/m1/s1. The average Bonchev–Trinajstić information content (AvgIpc) is 2.66. The first-order valence-corrected chi connectivity index (χ1v) is 10.7. The summed E-state index contributed by atoms with van der Waals surface area (Å²) in [5.41, 5.74) is 3.20. The molecule has 2 rings (SSSR count). The van der Waals surface area contributed by atoms with Gasteiger partial charge in [-0.05, 0) is 71.3 Å². The van der Waals surface area contributed by atoms with Gasteiger partial charge in [-0.1, -0.05) is 31.5 Å². The summed E-state index contributed by atoms with van der Waals surface area (Å²) in [5, 5.41) is 2.30. The molecule has 1 saturated heterocycles. The number of aliphatic imine (C=N–C) groups is 1. The summed E-state index contributed by atoms with van der Waals surface area (Å²) < 4.78 is 0. The Balaban J connectivity index is 2.13. The predicted octanol–water partition coefficient (Wildman–Crippen LogP) is 3.39. The molecule has 0 aromatic heterocycles. The number of amides is 4. The van der Waals surface area contributed by atoms with Gasteiger partial charge >= 0.3 is 6.03 Å². The van der Waals surface area contributed by atoms with Gasteiger partial charge in [-0.2, -0.15) is 0 Å². The summed E-state index contributed by atoms with van der Waals surface area (Å²) >= 11 is 0. The molecule has 1 N–H and O–H groups in total. The van der Waals surface area contributed by atoms with E-state index in [1.54, 1.807) is 0 Å². The first-order valence-electron chi connectivity index (χ1n) is 10.7. The molecule has 1 aromatic carbocycles. The minimum absolute atomic E-state index is 0.00455. The summed E-state index contributed by atoms with van der Waals surface area (Å²) in [4.78, 5) is 45.8. The van der Waals surface area contributed by atoms with Crippen molar-refractivity contribution in [3.63, 3.8) is 0 Å². The second-order valence-corrected chi connectivity index (χ2v) is 8.01. The number of carbonyl (C=O) groups is 3. The van der Waals surface area contributed by atoms with Gasteiger partial charge < -0.3 is 4.90 Å². The summed E-state index contributed by atoms with van der Waals surface area (Å²) in [7, 11) is 0. The van der Waals surface area contributed by atoms with Crippen molar-refractivity contribution in [3.8, 4) is 0 Å². The lowest BCUT2D eigenvalue weighted by atomic mass is 10.0. The van der Waals surface area contributed by atoms with Crippen LogP contribution in [0.25, 0.3) is 0 Å². The van der Waals surface area contributed by atoms with E-state index in [1.165, 1.54) is 6.21 Å². The van der Waals surface area contributed by atoms with E-state index >= 15 is 0 Å². The summed E-state index contributed by atoms with van der Waals surface area (Å²) in [5.74, 6) is -2.28. The number of carbonyl (C=O) groups excluding carboxylic acids is 3. The van der Waals surface area contributed by atoms with E-state index in [0.29, 0.717) is 5.69 Å². The van der Waals surface area contributed by atoms with Crippen molar-refractivity contribution in [2.24, 2.45) is 10.9 Å². The van der Waals surface area contributed by atoms with Crippen molar-refractivity contribution < 1.29 is 14.4 Å². The van der Waals surface area contributed by atoms with Gasteiger partial charge in [-0.25, -0.2) is 9.69 Å². The van der Waals surface area contributed by atoms with Crippen LogP contribution in [0.15, 0.2) is 17.1 Å². The van der Waals surface area contributed by atoms with Gasteiger partial charge in [-0.3, -0.25) is 19.9 Å². The number of barbiturate groups is 1. The highest BCUT2D eigenvalue weighted by molar-refractivity contribution is 6.32. The first kappa shape index (κ1) is 23.7. The van der Waals surface area contributed by atoms with Gasteiger partial charge in [0.2, 0.25) is 5.91 Å². The fourth-order valence-corrected chi connectivity index (χ4v) is 3.92. The Labute approximate surface area is 179 Å². The largest absolute Gasteiger partial charge is 0.335 e. The Morgan fingerprint density at radius 1 is 1.13 bits per heavy atom. The molecule has 30 heavy (non-hydrogen) atoms. The molecule has 164 valence electrons. The van der Waals surface area contributed by atoms with E-state index in [-0.39, 0.29) is 6.04 Å². The number of rotatable bonds is 9. The molecule has 0 saturated carbocycles. The molecule has 1 unspecified atom stereocenters. The SMILES string of the molecule is CCN(CC)CCC[C@@H](C)N=CC1C(=O)NC(=O)N(c2c(C)cc(C)cc2C)C1=O. The van der Waals surface area contributed by atoms with Crippen molar-refractivity contribution in [1.82, 2.24) is 10.2 Å². The topological polar surface area (TPSA) is 82.1 Å². The van der Waals surface area contributed by atoms with Crippen LogP contribution in [-0.4, -0.2) is 54.6 Å². The van der Waals surface area contributed by atoms with Crippen LogP contribution >= 0.6 is 0 Å². The van der Waals surface area contributed by atoms with Gasteiger partial charge in [0.25, 0.3) is 5.91 Å². The summed E-state index contributed by atoms with van der Waals surface area (Å²) in [6.07, 6.45) is 3.27. The number of aryl methyl sites for hydroxylation is 3. The van der Waals surface area contributed by atoms with Gasteiger partial charge in [0, 0.05) is 12.3 Å². The quantitative estimate of drug-likeness (QED) is 0.496. The molecule has 1 aromatic rings. The van der Waals surface area contributed by atoms with Crippen LogP contribution in [0.1, 0.15) is 50.3 Å². The van der Waals surface area contributed by atoms with E-state index < -0.39 is 23.8 Å². The fourth-order valence-electron chi connectivity index (χ4n) is 3.92. The van der Waals surface area contributed by atoms with Crippen molar-refractivity contribution in [3.05, 3.63) is 28.8 Å². The lowest BCUT2D eigenvalue weighted by Crippen LogP contribution is -2.59. The third kappa shape index (κ3) is 5.53. The maximum atomic E-state index is 13.1. The molecule has 7 nitrogen and oxygen atoms in total. The Morgan fingerprint density at radius 3 is 2.30 bits per heavy atom. The highest BCUT2D eigenvalue weighted by atomic mass is 16.2. The lowest BCUT2D eigenvalue weighted by molar-refractivity contribution is -0.131. The van der Waals surface area contributed by atoms with Crippen LogP contribution in [0.5, 0.6) is 0 Å². The number of anilines is 1. The monoisotopic (exact) mass is 414 g/mol. The number of hydrogen-bond donors (Lipinski definition) is 1. The number of benzene rings is 1. The van der Waals surface area contributed by atoms with E-state index in [2.05, 4.69) is 29.1 Å². The number of urea groups is 1. The van der Waals surface area contributed by atoms with Gasteiger partial charge in [-0.15, -0.1) is 0 Å². The predicted molar refractivity (Wildman–Crippen MR) is 120 cm³/mol. The van der Waals surface area contributed by atoms with E-state index in [9.17, 15) is 14.4 Å². The third-order valence-electron chi connectivity index (χ3n) is 5.54. The molecule has 2 atom stereocenters. The normalized spacial score (nSPS) is 18.4. The van der Waals surface area contributed by atoms with Crippen molar-refractivity contribution in [2.75, 3.05) is 24.5 Å². The average molecular weight is 415 g/mol. The number of nitrogens with one attached hydrogen (secondary N) is 1. The highest BCUT2D eigenvalue weighted by Crippen LogP contribution is 2.29. The zero-order valence-corrected chi connectivity index (χ0v) is 19.0. The molecule has 0 aliphatic carbocycles. The summed E-state index contributed by atoms with van der Waals surface area (Å²) in [6, 6.07) is 3.12. The van der Waals surface area contributed by atoms with Crippen LogP contribution in [-0.2, 0) is 9.59 Å². The maximum Gasteiger partial charge on any atom is 0.335 e. The maximum absolute atomic E-state index is 13.1. The number of nitrogens with zero attached hydrogens (tertiary/aromatic N) is 3. The van der Waals surface area contributed by atoms with Crippen molar-refractivity contribution in [2.45, 2.75) is 60.4 Å². The number of imide groups is 2. The molecule has 1 aliphatic rings. The second kappa shape index (κ2) is 10.5. The Bertz CT molecular complexity index is 807. The molecule has 0 radical (unpaired) electrons. The zero-order valence-electron chi connectivity index (χ0n) is 19.0. The molecule has 1 heterocycles. The smallest absolute Gasteiger partial charge is 0.304 e. The molecule has 7 heteroatoms. The zero-order chi connectivity index (χ0) is 22.4. The second-order valence-electron chi connectivity index (χ2n) is 8.01. The first-order chi connectivity index (χ1) is 14.2. The lowest BCUT2D eigenvalue weighted by Gasteiger charge is -2.31. The molecule has 0 spiro atoms. The van der Waals surface area contributed by atoms with Crippen LogP contribution in [0.3, 0.4) is 0 Å². The highest BCUT2D eigenvalue weighted by Gasteiger charge is 2.41. The Morgan fingerprint density at radius 2 is 1.73 bits per heavy atom. The van der Waals surface area contributed by atoms with Gasteiger partial charge in [0.15, 0.2) is 5.92 Å². The van der Waals surface area contributed by atoms with Gasteiger partial charge in [0.05, 0.1) is 5.69 Å².